The maximum atomic E-state index is 12.7. The smallest absolute Gasteiger partial charge is 0.285 e. The second-order valence-corrected chi connectivity index (χ2v) is 11.9. The van der Waals surface area contributed by atoms with E-state index in [2.05, 4.69) is 14.2 Å². The highest BCUT2D eigenvalue weighted by Gasteiger charge is 2.44. The number of sulfonamides is 2. The third kappa shape index (κ3) is 5.51. The predicted molar refractivity (Wildman–Crippen MR) is 139 cm³/mol. The molecule has 4 rings (SSSR count). The van der Waals surface area contributed by atoms with Gasteiger partial charge in [0.1, 0.15) is 5.71 Å². The summed E-state index contributed by atoms with van der Waals surface area (Å²) in [6.45, 7) is -0.207. The first-order chi connectivity index (χ1) is 16.9. The van der Waals surface area contributed by atoms with Crippen molar-refractivity contribution in [3.8, 4) is 0 Å². The summed E-state index contributed by atoms with van der Waals surface area (Å²) in [4.78, 5) is -0.106. The Morgan fingerprint density at radius 2 is 1.64 bits per heavy atom. The lowest BCUT2D eigenvalue weighted by Gasteiger charge is -2.25. The van der Waals surface area contributed by atoms with Crippen molar-refractivity contribution in [2.75, 3.05) is 17.5 Å². The molecule has 0 aliphatic carbocycles. The quantitative estimate of drug-likeness (QED) is 0.316. The molecule has 1 aliphatic rings. The number of nitrogens with two attached hydrogens (primary N) is 1. The number of hydrogen-bond donors (Lipinski definition) is 3. The van der Waals surface area contributed by atoms with Gasteiger partial charge in [-0.1, -0.05) is 54.1 Å². The van der Waals surface area contributed by atoms with E-state index in [4.69, 9.17) is 17.3 Å². The SMILES string of the molecule is CS(=O)(=O)Nc1ccc(C2=NN(/C(N)=N/S(=O)(=O)c3ccc(Cl)cc3)CC2(O)c2ccccc2)cc1. The third-order valence-electron chi connectivity index (χ3n) is 5.29. The molecule has 0 bridgehead atoms. The molecule has 1 unspecified atom stereocenters. The molecule has 13 heteroatoms. The van der Waals surface area contributed by atoms with Crippen LogP contribution in [0.1, 0.15) is 11.1 Å². The van der Waals surface area contributed by atoms with E-state index in [0.29, 0.717) is 21.8 Å². The van der Waals surface area contributed by atoms with Crippen molar-refractivity contribution in [1.29, 1.82) is 0 Å². The molecule has 0 fully saturated rings. The Labute approximate surface area is 213 Å². The molecule has 10 nitrogen and oxygen atoms in total. The van der Waals surface area contributed by atoms with Gasteiger partial charge in [0.05, 0.1) is 17.7 Å². The normalized spacial score (nSPS) is 18.7. The average Bonchev–Trinajstić information content (AvgIpc) is 3.18. The largest absolute Gasteiger partial charge is 0.377 e. The van der Waals surface area contributed by atoms with Crippen molar-refractivity contribution in [2.45, 2.75) is 10.5 Å². The second-order valence-electron chi connectivity index (χ2n) is 8.06. The average molecular weight is 548 g/mol. The number of β-amino-alcohol motifs (C(OH)–C–C–N with tert-alkyl or cyclic N) is 1. The molecule has 0 radical (unpaired) electrons. The summed E-state index contributed by atoms with van der Waals surface area (Å²) in [6.07, 6.45) is 1.04. The van der Waals surface area contributed by atoms with Crippen molar-refractivity contribution in [1.82, 2.24) is 5.01 Å². The standard InChI is InChI=1S/C23H22ClN5O5S2/c1-35(31,32)27-19-11-7-16(8-12-19)21-23(30,17-5-3-2-4-6-17)15-29(26-21)22(25)28-36(33,34)20-13-9-18(24)10-14-20/h2-14,27,30H,15H2,1H3,(H2,25,28). The first kappa shape index (κ1) is 25.6. The topological polar surface area (TPSA) is 155 Å². The van der Waals surface area contributed by atoms with Crippen LogP contribution in [0.5, 0.6) is 0 Å². The number of rotatable bonds is 6. The van der Waals surface area contributed by atoms with Gasteiger partial charge in [0.2, 0.25) is 16.0 Å². The van der Waals surface area contributed by atoms with Gasteiger partial charge in [0.15, 0.2) is 5.60 Å². The number of aliphatic hydroxyl groups is 1. The van der Waals surface area contributed by atoms with Crippen molar-refractivity contribution in [3.05, 3.63) is 95.0 Å². The van der Waals surface area contributed by atoms with E-state index in [0.717, 1.165) is 11.3 Å². The van der Waals surface area contributed by atoms with Crippen LogP contribution < -0.4 is 10.5 Å². The molecule has 3 aromatic rings. The van der Waals surface area contributed by atoms with Crippen LogP contribution in [0.4, 0.5) is 5.69 Å². The van der Waals surface area contributed by atoms with Gasteiger partial charge in [-0.2, -0.15) is 13.5 Å². The molecule has 1 heterocycles. The van der Waals surface area contributed by atoms with E-state index >= 15 is 0 Å². The minimum absolute atomic E-state index is 0.106. The lowest BCUT2D eigenvalue weighted by atomic mass is 9.86. The number of halogens is 1. The lowest BCUT2D eigenvalue weighted by molar-refractivity contribution is 0.104. The Morgan fingerprint density at radius 3 is 2.22 bits per heavy atom. The number of hydrazone groups is 1. The summed E-state index contributed by atoms with van der Waals surface area (Å²) in [5.74, 6) is -0.440. The molecule has 188 valence electrons. The van der Waals surface area contributed by atoms with Crippen molar-refractivity contribution >= 4 is 49.0 Å². The summed E-state index contributed by atoms with van der Waals surface area (Å²) in [5.41, 5.74) is 5.85. The Morgan fingerprint density at radius 1 is 1.03 bits per heavy atom. The number of anilines is 1. The minimum atomic E-state index is -4.17. The Bertz CT molecular complexity index is 1540. The van der Waals surface area contributed by atoms with Crippen LogP contribution in [0.2, 0.25) is 5.02 Å². The van der Waals surface area contributed by atoms with E-state index in [9.17, 15) is 21.9 Å². The zero-order chi connectivity index (χ0) is 26.1. The van der Waals surface area contributed by atoms with Crippen LogP contribution in [0, 0.1) is 0 Å². The van der Waals surface area contributed by atoms with Crippen LogP contribution in [0.3, 0.4) is 0 Å². The van der Waals surface area contributed by atoms with Crippen LogP contribution in [0.25, 0.3) is 0 Å². The van der Waals surface area contributed by atoms with Crippen molar-refractivity contribution < 1.29 is 21.9 Å². The summed E-state index contributed by atoms with van der Waals surface area (Å²) in [6, 6.07) is 20.4. The van der Waals surface area contributed by atoms with Gasteiger partial charge in [-0.25, -0.2) is 13.4 Å². The van der Waals surface area contributed by atoms with Gasteiger partial charge >= 0.3 is 0 Å². The van der Waals surface area contributed by atoms with E-state index in [1.54, 1.807) is 42.5 Å². The number of benzene rings is 3. The number of nitrogens with one attached hydrogen (secondary N) is 1. The number of nitrogens with zero attached hydrogens (tertiary/aromatic N) is 3. The van der Waals surface area contributed by atoms with E-state index in [1.807, 2.05) is 0 Å². The van der Waals surface area contributed by atoms with E-state index in [-0.39, 0.29) is 17.2 Å². The molecule has 0 saturated carbocycles. The monoisotopic (exact) mass is 547 g/mol. The maximum Gasteiger partial charge on any atom is 0.285 e. The van der Waals surface area contributed by atoms with Gasteiger partial charge in [-0.05, 0) is 42.0 Å². The highest BCUT2D eigenvalue weighted by atomic mass is 35.5. The molecule has 0 aromatic heterocycles. The summed E-state index contributed by atoms with van der Waals surface area (Å²) >= 11 is 5.83. The van der Waals surface area contributed by atoms with Gasteiger partial charge in [-0.3, -0.25) is 4.72 Å². The fourth-order valence-electron chi connectivity index (χ4n) is 3.64. The van der Waals surface area contributed by atoms with Gasteiger partial charge in [-0.15, -0.1) is 4.40 Å². The zero-order valence-corrected chi connectivity index (χ0v) is 21.3. The molecule has 0 spiro atoms. The molecule has 0 saturated heterocycles. The number of hydrogen-bond acceptors (Lipinski definition) is 6. The fourth-order valence-corrected chi connectivity index (χ4v) is 5.26. The fraction of sp³-hybridized carbons (Fsp3) is 0.130. The van der Waals surface area contributed by atoms with Crippen LogP contribution in [0.15, 0.2) is 93.3 Å². The maximum absolute atomic E-state index is 12.7. The molecular formula is C23H22ClN5O5S2. The van der Waals surface area contributed by atoms with Crippen LogP contribution >= 0.6 is 11.6 Å². The van der Waals surface area contributed by atoms with Crippen LogP contribution in [-0.4, -0.2) is 51.4 Å². The van der Waals surface area contributed by atoms with E-state index < -0.39 is 31.6 Å². The molecule has 4 N–H and O–H groups in total. The predicted octanol–water partition coefficient (Wildman–Crippen LogP) is 2.32. The van der Waals surface area contributed by atoms with Gasteiger partial charge in [0, 0.05) is 16.3 Å². The van der Waals surface area contributed by atoms with E-state index in [1.165, 1.54) is 36.4 Å². The van der Waals surface area contributed by atoms with Crippen molar-refractivity contribution in [2.24, 2.45) is 15.2 Å². The summed E-state index contributed by atoms with van der Waals surface area (Å²) < 4.78 is 54.6. The second kappa shape index (κ2) is 9.54. The molecule has 1 atom stereocenters. The van der Waals surface area contributed by atoms with Crippen molar-refractivity contribution in [3.63, 3.8) is 0 Å². The first-order valence-electron chi connectivity index (χ1n) is 10.5. The Hall–Kier alpha value is -3.45. The Kier molecular flexibility index (Phi) is 6.80. The molecular weight excluding hydrogens is 526 g/mol. The Balaban J connectivity index is 1.74. The summed E-state index contributed by atoms with van der Waals surface area (Å²) in [5, 5.41) is 17.6. The molecule has 36 heavy (non-hydrogen) atoms. The molecule has 0 amide bonds. The third-order valence-corrected chi connectivity index (χ3v) is 7.45. The summed E-state index contributed by atoms with van der Waals surface area (Å²) in [7, 11) is -7.65. The minimum Gasteiger partial charge on any atom is -0.377 e. The lowest BCUT2D eigenvalue weighted by Crippen LogP contribution is -2.42. The highest BCUT2D eigenvalue weighted by Crippen LogP contribution is 2.33. The molecule has 3 aromatic carbocycles. The number of guanidine groups is 1. The first-order valence-corrected chi connectivity index (χ1v) is 14.2. The molecule has 1 aliphatic heterocycles. The van der Waals surface area contributed by atoms with Crippen LogP contribution in [-0.2, 0) is 25.6 Å². The van der Waals surface area contributed by atoms with Gasteiger partial charge < -0.3 is 10.8 Å². The highest BCUT2D eigenvalue weighted by molar-refractivity contribution is 7.92. The zero-order valence-electron chi connectivity index (χ0n) is 18.9. The van der Waals surface area contributed by atoms with Gasteiger partial charge in [0.25, 0.3) is 10.0 Å².